The maximum Gasteiger partial charge on any atom is 0.128 e. The highest BCUT2D eigenvalue weighted by atomic mass is 16.3. The summed E-state index contributed by atoms with van der Waals surface area (Å²) >= 11 is 0. The van der Waals surface area contributed by atoms with Gasteiger partial charge >= 0.3 is 0 Å². The highest BCUT2D eigenvalue weighted by Gasteiger charge is 2.06. The fourth-order valence-corrected chi connectivity index (χ4v) is 1.11. The van der Waals surface area contributed by atoms with Crippen molar-refractivity contribution in [1.29, 1.82) is 0 Å². The molecule has 1 rings (SSSR count). The maximum atomic E-state index is 9.07. The zero-order valence-corrected chi connectivity index (χ0v) is 7.20. The molecule has 0 fully saturated rings. The fraction of sp³-hybridized carbons (Fsp3) is 0.444. The zero-order valence-electron chi connectivity index (χ0n) is 7.20. The van der Waals surface area contributed by atoms with Gasteiger partial charge in [-0.3, -0.25) is 4.99 Å². The van der Waals surface area contributed by atoms with Gasteiger partial charge in [-0.05, 0) is 18.6 Å². The van der Waals surface area contributed by atoms with Crippen LogP contribution in [0, 0.1) is 0 Å². The first-order chi connectivity index (χ1) is 5.74. The lowest BCUT2D eigenvalue weighted by molar-refractivity contribution is 0.223. The Balaban J connectivity index is 2.75. The zero-order chi connectivity index (χ0) is 8.97. The van der Waals surface area contributed by atoms with Gasteiger partial charge in [0, 0.05) is 18.7 Å². The normalized spacial score (nSPS) is 22.6. The molecule has 1 unspecified atom stereocenters. The molecular weight excluding hydrogens is 152 g/mol. The van der Waals surface area contributed by atoms with Gasteiger partial charge in [0.15, 0.2) is 0 Å². The van der Waals surface area contributed by atoms with Gasteiger partial charge in [-0.15, -0.1) is 0 Å². The lowest BCUT2D eigenvalue weighted by atomic mass is 10.0. The van der Waals surface area contributed by atoms with Gasteiger partial charge in [-0.2, -0.15) is 0 Å². The molecule has 1 aliphatic rings. The fourth-order valence-electron chi connectivity index (χ4n) is 1.11. The number of aliphatic hydroxyl groups excluding tert-OH is 1. The summed E-state index contributed by atoms with van der Waals surface area (Å²) in [5, 5.41) is 9.07. The van der Waals surface area contributed by atoms with Crippen molar-refractivity contribution in [2.24, 2.45) is 10.7 Å². The van der Waals surface area contributed by atoms with Crippen molar-refractivity contribution in [1.82, 2.24) is 0 Å². The monoisotopic (exact) mass is 166 g/mol. The van der Waals surface area contributed by atoms with E-state index in [0.29, 0.717) is 0 Å². The molecule has 0 amide bonds. The molecule has 3 nitrogen and oxygen atoms in total. The third-order valence-electron chi connectivity index (χ3n) is 1.67. The van der Waals surface area contributed by atoms with E-state index in [1.165, 1.54) is 0 Å². The molecule has 3 N–H and O–H groups in total. The second-order valence-corrected chi connectivity index (χ2v) is 2.66. The highest BCUT2D eigenvalue weighted by Crippen LogP contribution is 2.09. The molecule has 0 aromatic rings. The Kier molecular flexibility index (Phi) is 3.19. The Labute approximate surface area is 72.3 Å². The van der Waals surface area contributed by atoms with Gasteiger partial charge < -0.3 is 10.8 Å². The largest absolute Gasteiger partial charge is 0.375 e. The summed E-state index contributed by atoms with van der Waals surface area (Å²) in [5.41, 5.74) is 7.02. The standard InChI is InChI=1S/C9H14N2O/c1-2-11-8-5-3-4-7(6-8)9(10)12/h3-4,6,9,12H,2,5,10H2,1H3. The molecule has 0 radical (unpaired) electrons. The summed E-state index contributed by atoms with van der Waals surface area (Å²) in [6, 6.07) is 0. The van der Waals surface area contributed by atoms with E-state index in [0.717, 1.165) is 24.3 Å². The first-order valence-electron chi connectivity index (χ1n) is 4.09. The van der Waals surface area contributed by atoms with Crippen molar-refractivity contribution < 1.29 is 5.11 Å². The predicted molar refractivity (Wildman–Crippen MR) is 50.0 cm³/mol. The van der Waals surface area contributed by atoms with Gasteiger partial charge in [-0.25, -0.2) is 0 Å². The molecule has 0 aromatic carbocycles. The number of hydrogen-bond donors (Lipinski definition) is 2. The Hall–Kier alpha value is -0.930. The molecule has 0 aromatic heterocycles. The molecule has 12 heavy (non-hydrogen) atoms. The van der Waals surface area contributed by atoms with Crippen LogP contribution in [0.25, 0.3) is 0 Å². The van der Waals surface area contributed by atoms with E-state index in [1.807, 2.05) is 25.2 Å². The van der Waals surface area contributed by atoms with Crippen molar-refractivity contribution in [3.05, 3.63) is 23.8 Å². The van der Waals surface area contributed by atoms with Crippen molar-refractivity contribution in [2.75, 3.05) is 6.54 Å². The summed E-state index contributed by atoms with van der Waals surface area (Å²) < 4.78 is 0. The van der Waals surface area contributed by atoms with Crippen molar-refractivity contribution in [3.63, 3.8) is 0 Å². The summed E-state index contributed by atoms with van der Waals surface area (Å²) in [6.45, 7) is 2.76. The molecule has 0 spiro atoms. The molecule has 0 saturated carbocycles. The molecular formula is C9H14N2O. The number of rotatable bonds is 2. The van der Waals surface area contributed by atoms with E-state index in [1.54, 1.807) is 0 Å². The quantitative estimate of drug-likeness (QED) is 0.590. The van der Waals surface area contributed by atoms with Gasteiger partial charge in [0.05, 0.1) is 0 Å². The Bertz CT molecular complexity index is 239. The van der Waals surface area contributed by atoms with Crippen LogP contribution in [0.1, 0.15) is 13.3 Å². The molecule has 1 atom stereocenters. The van der Waals surface area contributed by atoms with E-state index in [2.05, 4.69) is 4.99 Å². The molecule has 66 valence electrons. The molecule has 0 saturated heterocycles. The van der Waals surface area contributed by atoms with Gasteiger partial charge in [0.25, 0.3) is 0 Å². The Morgan fingerprint density at radius 3 is 3.08 bits per heavy atom. The van der Waals surface area contributed by atoms with Crippen LogP contribution in [0.15, 0.2) is 28.8 Å². The maximum absolute atomic E-state index is 9.07. The second-order valence-electron chi connectivity index (χ2n) is 2.66. The molecule has 1 aliphatic carbocycles. The lowest BCUT2D eigenvalue weighted by Crippen LogP contribution is -2.22. The molecule has 3 heteroatoms. The van der Waals surface area contributed by atoms with Crippen LogP contribution in [0.5, 0.6) is 0 Å². The van der Waals surface area contributed by atoms with E-state index in [9.17, 15) is 0 Å². The average molecular weight is 166 g/mol. The second kappa shape index (κ2) is 4.18. The van der Waals surface area contributed by atoms with Crippen LogP contribution in [0.3, 0.4) is 0 Å². The van der Waals surface area contributed by atoms with E-state index in [4.69, 9.17) is 10.8 Å². The third-order valence-corrected chi connectivity index (χ3v) is 1.67. The number of aliphatic imine (C=N–C) groups is 1. The average Bonchev–Trinajstić information content (AvgIpc) is 2.05. The minimum absolute atomic E-state index is 0.730. The van der Waals surface area contributed by atoms with Crippen molar-refractivity contribution in [3.8, 4) is 0 Å². The summed E-state index contributed by atoms with van der Waals surface area (Å²) in [4.78, 5) is 4.24. The minimum Gasteiger partial charge on any atom is -0.375 e. The topological polar surface area (TPSA) is 58.6 Å². The summed E-state index contributed by atoms with van der Waals surface area (Å²) in [7, 11) is 0. The summed E-state index contributed by atoms with van der Waals surface area (Å²) in [5.74, 6) is 0. The van der Waals surface area contributed by atoms with Gasteiger partial charge in [0.2, 0.25) is 0 Å². The van der Waals surface area contributed by atoms with E-state index >= 15 is 0 Å². The van der Waals surface area contributed by atoms with E-state index < -0.39 is 6.23 Å². The number of nitrogens with two attached hydrogens (primary N) is 1. The number of nitrogens with zero attached hydrogens (tertiary/aromatic N) is 1. The van der Waals surface area contributed by atoms with Gasteiger partial charge in [0.1, 0.15) is 6.23 Å². The molecule has 0 heterocycles. The number of allylic oxidation sites excluding steroid dienone is 2. The molecule has 0 bridgehead atoms. The first-order valence-corrected chi connectivity index (χ1v) is 4.09. The number of hydrogen-bond acceptors (Lipinski definition) is 3. The van der Waals surface area contributed by atoms with Gasteiger partial charge in [-0.1, -0.05) is 12.2 Å². The molecule has 0 aliphatic heterocycles. The third kappa shape index (κ3) is 2.29. The number of aliphatic hydroxyl groups is 1. The highest BCUT2D eigenvalue weighted by molar-refractivity contribution is 5.98. The van der Waals surface area contributed by atoms with Crippen LogP contribution in [0.4, 0.5) is 0 Å². The van der Waals surface area contributed by atoms with Crippen LogP contribution < -0.4 is 5.73 Å². The minimum atomic E-state index is -0.886. The lowest BCUT2D eigenvalue weighted by Gasteiger charge is -2.10. The van der Waals surface area contributed by atoms with Crippen molar-refractivity contribution >= 4 is 5.71 Å². The first kappa shape index (κ1) is 9.16. The predicted octanol–water partition coefficient (Wildman–Crippen LogP) is 0.611. The van der Waals surface area contributed by atoms with Crippen molar-refractivity contribution in [2.45, 2.75) is 19.6 Å². The SMILES string of the molecule is CCN=C1C=C(C(N)O)C=CC1. The van der Waals surface area contributed by atoms with Crippen LogP contribution in [-0.2, 0) is 0 Å². The van der Waals surface area contributed by atoms with Crippen LogP contribution >= 0.6 is 0 Å². The van der Waals surface area contributed by atoms with Crippen LogP contribution in [-0.4, -0.2) is 23.6 Å². The summed E-state index contributed by atoms with van der Waals surface area (Å²) in [6.07, 6.45) is 5.58. The van der Waals surface area contributed by atoms with E-state index in [-0.39, 0.29) is 0 Å². The Morgan fingerprint density at radius 1 is 1.75 bits per heavy atom. The Morgan fingerprint density at radius 2 is 2.50 bits per heavy atom. The smallest absolute Gasteiger partial charge is 0.128 e. The van der Waals surface area contributed by atoms with Crippen LogP contribution in [0.2, 0.25) is 0 Å².